The van der Waals surface area contributed by atoms with Crippen LogP contribution in [0, 0.1) is 34.5 Å². The first kappa shape index (κ1) is 16.3. The van der Waals surface area contributed by atoms with Crippen LogP contribution in [0.2, 0.25) is 0 Å². The summed E-state index contributed by atoms with van der Waals surface area (Å²) in [4.78, 5) is 29.8. The monoisotopic (exact) mass is 331 g/mol. The van der Waals surface area contributed by atoms with E-state index in [9.17, 15) is 9.59 Å². The minimum atomic E-state index is -0.118. The molecule has 3 unspecified atom stereocenters. The number of hydrogen-bond acceptors (Lipinski definition) is 4. The quantitative estimate of drug-likeness (QED) is 0.687. The van der Waals surface area contributed by atoms with Crippen LogP contribution in [0.1, 0.15) is 65.2 Å². The van der Waals surface area contributed by atoms with Gasteiger partial charge in [0.1, 0.15) is 18.7 Å². The number of Topliss-reactive ketones (excluding diaryl/α,β-unsaturated/α-hetero) is 2. The molecule has 6 atom stereocenters. The van der Waals surface area contributed by atoms with Gasteiger partial charge in [-0.2, -0.15) is 0 Å². The standard InChI is InChI=1S/C20H29NO3/c1-19-8-6-12(22)10-16(19)17(21-24-3)11-13-14-4-5-18(23)20(14,2)9-7-15(13)19/h13-16H,4-11H2,1-3H3/b21-17+/t13?,14?,15?,16-,19-,20+/m1/s1. The van der Waals surface area contributed by atoms with E-state index in [1.54, 1.807) is 7.11 Å². The lowest BCUT2D eigenvalue weighted by molar-refractivity contribution is -0.136. The van der Waals surface area contributed by atoms with Crippen molar-refractivity contribution in [3.8, 4) is 0 Å². The Morgan fingerprint density at radius 2 is 1.83 bits per heavy atom. The third-order valence-electron chi connectivity index (χ3n) is 8.22. The summed E-state index contributed by atoms with van der Waals surface area (Å²) >= 11 is 0. The fraction of sp³-hybridized carbons (Fsp3) is 0.850. The second-order valence-electron chi connectivity index (χ2n) is 9.07. The van der Waals surface area contributed by atoms with Gasteiger partial charge >= 0.3 is 0 Å². The minimum Gasteiger partial charge on any atom is -0.399 e. The lowest BCUT2D eigenvalue weighted by Crippen LogP contribution is -2.56. The van der Waals surface area contributed by atoms with Gasteiger partial charge in [0.25, 0.3) is 0 Å². The van der Waals surface area contributed by atoms with E-state index in [2.05, 4.69) is 19.0 Å². The first-order valence-corrected chi connectivity index (χ1v) is 9.55. The topological polar surface area (TPSA) is 55.7 Å². The summed E-state index contributed by atoms with van der Waals surface area (Å²) < 4.78 is 0. The van der Waals surface area contributed by atoms with E-state index < -0.39 is 0 Å². The molecule has 4 aliphatic rings. The van der Waals surface area contributed by atoms with Crippen LogP contribution >= 0.6 is 0 Å². The van der Waals surface area contributed by atoms with Gasteiger partial charge in [-0.15, -0.1) is 0 Å². The Labute approximate surface area is 144 Å². The number of rotatable bonds is 1. The molecule has 132 valence electrons. The second kappa shape index (κ2) is 5.40. The van der Waals surface area contributed by atoms with Gasteiger partial charge in [0.05, 0.1) is 5.71 Å². The summed E-state index contributed by atoms with van der Waals surface area (Å²) in [5.41, 5.74) is 1.10. The van der Waals surface area contributed by atoms with E-state index in [0.717, 1.165) is 44.2 Å². The van der Waals surface area contributed by atoms with Crippen molar-refractivity contribution in [1.29, 1.82) is 0 Å². The maximum atomic E-state index is 12.5. The van der Waals surface area contributed by atoms with E-state index in [4.69, 9.17) is 4.84 Å². The van der Waals surface area contributed by atoms with Crippen LogP contribution in [-0.2, 0) is 14.4 Å². The normalized spacial score (nSPS) is 49.5. The Kier molecular flexibility index (Phi) is 3.67. The van der Waals surface area contributed by atoms with Gasteiger partial charge < -0.3 is 4.84 Å². The first-order valence-electron chi connectivity index (χ1n) is 9.55. The molecule has 0 heterocycles. The van der Waals surface area contributed by atoms with E-state index in [1.165, 1.54) is 0 Å². The fourth-order valence-electron chi connectivity index (χ4n) is 6.85. The van der Waals surface area contributed by atoms with Crippen molar-refractivity contribution in [2.45, 2.75) is 65.2 Å². The van der Waals surface area contributed by atoms with Crippen molar-refractivity contribution in [2.24, 2.45) is 39.7 Å². The van der Waals surface area contributed by atoms with Gasteiger partial charge in [-0.05, 0) is 55.3 Å². The molecule has 0 aromatic rings. The van der Waals surface area contributed by atoms with Crippen LogP contribution in [0.3, 0.4) is 0 Å². The van der Waals surface area contributed by atoms with Gasteiger partial charge in [-0.3, -0.25) is 9.59 Å². The van der Waals surface area contributed by atoms with Crippen LogP contribution < -0.4 is 0 Å². The highest BCUT2D eigenvalue weighted by Gasteiger charge is 2.61. The molecule has 0 aliphatic heterocycles. The maximum Gasteiger partial charge on any atom is 0.139 e. The molecule has 4 nitrogen and oxygen atoms in total. The van der Waals surface area contributed by atoms with E-state index >= 15 is 0 Å². The zero-order valence-electron chi connectivity index (χ0n) is 15.1. The smallest absolute Gasteiger partial charge is 0.139 e. The number of carbonyl (C=O) groups excluding carboxylic acids is 2. The highest BCUT2D eigenvalue weighted by Crippen LogP contribution is 2.64. The average molecular weight is 331 g/mol. The zero-order chi connectivity index (χ0) is 17.1. The Bertz CT molecular complexity index is 612. The molecule has 0 aromatic carbocycles. The molecule has 0 N–H and O–H groups in total. The molecule has 4 saturated carbocycles. The summed E-state index contributed by atoms with van der Waals surface area (Å²) in [6.07, 6.45) is 7.17. The highest BCUT2D eigenvalue weighted by atomic mass is 16.6. The van der Waals surface area contributed by atoms with Gasteiger partial charge in [0.2, 0.25) is 0 Å². The molecule has 0 amide bonds. The Hall–Kier alpha value is -1.19. The van der Waals surface area contributed by atoms with Crippen molar-refractivity contribution < 1.29 is 14.4 Å². The van der Waals surface area contributed by atoms with Crippen LogP contribution in [0.15, 0.2) is 5.16 Å². The molecule has 0 saturated heterocycles. The van der Waals surface area contributed by atoms with E-state index in [0.29, 0.717) is 42.2 Å². The van der Waals surface area contributed by atoms with Crippen LogP contribution in [0.5, 0.6) is 0 Å². The van der Waals surface area contributed by atoms with Crippen LogP contribution in [0.4, 0.5) is 0 Å². The lowest BCUT2D eigenvalue weighted by Gasteiger charge is -2.59. The summed E-state index contributed by atoms with van der Waals surface area (Å²) in [7, 11) is 1.60. The number of carbonyl (C=O) groups is 2. The minimum absolute atomic E-state index is 0.118. The van der Waals surface area contributed by atoms with Gasteiger partial charge in [-0.25, -0.2) is 0 Å². The molecular weight excluding hydrogens is 302 g/mol. The van der Waals surface area contributed by atoms with Crippen molar-refractivity contribution in [3.05, 3.63) is 0 Å². The van der Waals surface area contributed by atoms with Crippen LogP contribution in [-0.4, -0.2) is 24.4 Å². The van der Waals surface area contributed by atoms with Gasteiger partial charge in [-0.1, -0.05) is 19.0 Å². The molecule has 4 heteroatoms. The lowest BCUT2D eigenvalue weighted by atomic mass is 9.45. The molecule has 0 bridgehead atoms. The molecule has 4 fully saturated rings. The SMILES string of the molecule is CO/N=C1\CC2C3CCC(=O)[C@@]3(C)CCC2[C@@]2(C)CCC(=O)C[C@H]12. The highest BCUT2D eigenvalue weighted by molar-refractivity contribution is 5.94. The molecule has 0 aromatic heterocycles. The predicted molar refractivity (Wildman–Crippen MR) is 91.6 cm³/mol. The number of ketones is 2. The largest absolute Gasteiger partial charge is 0.399 e. The number of oxime groups is 1. The fourth-order valence-corrected chi connectivity index (χ4v) is 6.85. The summed E-state index contributed by atoms with van der Waals surface area (Å²) in [6, 6.07) is 0. The van der Waals surface area contributed by atoms with E-state index in [-0.39, 0.29) is 16.7 Å². The number of fused-ring (bicyclic) bond motifs is 5. The first-order chi connectivity index (χ1) is 11.4. The molecule has 4 aliphatic carbocycles. The molecule has 0 spiro atoms. The molecule has 4 rings (SSSR count). The third kappa shape index (κ3) is 2.07. The Morgan fingerprint density at radius 1 is 1.04 bits per heavy atom. The Balaban J connectivity index is 1.74. The second-order valence-corrected chi connectivity index (χ2v) is 9.07. The van der Waals surface area contributed by atoms with E-state index in [1.807, 2.05) is 0 Å². The number of hydrogen-bond donors (Lipinski definition) is 0. The van der Waals surface area contributed by atoms with Gasteiger partial charge in [0, 0.05) is 30.6 Å². The number of nitrogens with zero attached hydrogens (tertiary/aromatic N) is 1. The zero-order valence-corrected chi connectivity index (χ0v) is 15.1. The summed E-state index contributed by atoms with van der Waals surface area (Å²) in [5.74, 6) is 2.72. The van der Waals surface area contributed by atoms with Crippen molar-refractivity contribution in [2.75, 3.05) is 7.11 Å². The summed E-state index contributed by atoms with van der Waals surface area (Å²) in [6.45, 7) is 4.58. The molecule has 24 heavy (non-hydrogen) atoms. The summed E-state index contributed by atoms with van der Waals surface area (Å²) in [5, 5.41) is 4.37. The van der Waals surface area contributed by atoms with Crippen molar-refractivity contribution in [1.82, 2.24) is 0 Å². The Morgan fingerprint density at radius 3 is 2.58 bits per heavy atom. The average Bonchev–Trinajstić information content (AvgIpc) is 2.85. The van der Waals surface area contributed by atoms with Crippen molar-refractivity contribution >= 4 is 17.3 Å². The maximum absolute atomic E-state index is 12.5. The molecular formula is C20H29NO3. The van der Waals surface area contributed by atoms with Gasteiger partial charge in [0.15, 0.2) is 0 Å². The third-order valence-corrected chi connectivity index (χ3v) is 8.22. The van der Waals surface area contributed by atoms with Crippen molar-refractivity contribution in [3.63, 3.8) is 0 Å². The van der Waals surface area contributed by atoms with Crippen LogP contribution in [0.25, 0.3) is 0 Å². The predicted octanol–water partition coefficient (Wildman–Crippen LogP) is 3.78. The molecule has 0 radical (unpaired) electrons.